The predicted molar refractivity (Wildman–Crippen MR) is 148 cm³/mol. The van der Waals surface area contributed by atoms with E-state index in [9.17, 15) is 9.59 Å². The Labute approximate surface area is 225 Å². The number of fused-ring (bicyclic) bond motifs is 2. The highest BCUT2D eigenvalue weighted by atomic mass is 35.5. The molecular formula is C27H32ClN6O2S+. The minimum Gasteiger partial charge on any atom is -0.346 e. The first-order chi connectivity index (χ1) is 17.7. The molecule has 3 atom stereocenters. The Morgan fingerprint density at radius 2 is 2.16 bits per heavy atom. The van der Waals surface area contributed by atoms with Crippen LogP contribution in [0.5, 0.6) is 0 Å². The molecule has 2 aliphatic rings. The zero-order valence-electron chi connectivity index (χ0n) is 21.4. The molecule has 0 spiro atoms. The summed E-state index contributed by atoms with van der Waals surface area (Å²) in [5, 5.41) is 5.20. The highest BCUT2D eigenvalue weighted by Gasteiger charge is 2.36. The molecule has 3 aromatic rings. The van der Waals surface area contributed by atoms with Gasteiger partial charge in [-0.1, -0.05) is 11.6 Å². The number of hydrogen-bond acceptors (Lipinski definition) is 6. The highest BCUT2D eigenvalue weighted by Crippen LogP contribution is 2.31. The van der Waals surface area contributed by atoms with Gasteiger partial charge in [-0.3, -0.25) is 4.79 Å². The normalized spacial score (nSPS) is 21.9. The van der Waals surface area contributed by atoms with Gasteiger partial charge in [0.25, 0.3) is 12.0 Å². The summed E-state index contributed by atoms with van der Waals surface area (Å²) in [4.78, 5) is 43.6. The van der Waals surface area contributed by atoms with Gasteiger partial charge < -0.3 is 20.1 Å². The van der Waals surface area contributed by atoms with Crippen molar-refractivity contribution in [1.29, 1.82) is 0 Å². The zero-order valence-corrected chi connectivity index (χ0v) is 23.0. The Balaban J connectivity index is 1.33. The number of rotatable bonds is 5. The van der Waals surface area contributed by atoms with E-state index in [1.165, 1.54) is 16.2 Å². The van der Waals surface area contributed by atoms with Gasteiger partial charge in [0.2, 0.25) is 0 Å². The van der Waals surface area contributed by atoms with Crippen molar-refractivity contribution < 1.29 is 9.59 Å². The highest BCUT2D eigenvalue weighted by molar-refractivity contribution is 7.13. The lowest BCUT2D eigenvalue weighted by Crippen LogP contribution is -2.45. The fourth-order valence-electron chi connectivity index (χ4n) is 5.32. The van der Waals surface area contributed by atoms with Crippen molar-refractivity contribution >= 4 is 45.7 Å². The molecule has 1 saturated carbocycles. The molecule has 5 rings (SSSR count). The van der Waals surface area contributed by atoms with Gasteiger partial charge in [-0.05, 0) is 70.6 Å². The second-order valence-corrected chi connectivity index (χ2v) is 12.0. The number of carbonyl (C=O) groups is 2. The SMILES string of the molecule is CN(C)C[C@H]1CCC(C#[N+]C(=O)c2cc3cc(Cl)ccc3[nH]2)[C@H](NC(=O)c2nc3c(s2)CN(C)CC3)C1. The van der Waals surface area contributed by atoms with E-state index in [-0.39, 0.29) is 23.8 Å². The number of aromatic amines is 1. The molecule has 1 fully saturated rings. The predicted octanol–water partition coefficient (Wildman–Crippen LogP) is 4.52. The third-order valence-electron chi connectivity index (χ3n) is 7.16. The van der Waals surface area contributed by atoms with E-state index in [0.717, 1.165) is 61.9 Å². The quantitative estimate of drug-likeness (QED) is 0.498. The number of nitrogens with one attached hydrogen (secondary N) is 2. The molecule has 0 bridgehead atoms. The second kappa shape index (κ2) is 10.9. The largest absolute Gasteiger partial charge is 0.563 e. The summed E-state index contributed by atoms with van der Waals surface area (Å²) in [6, 6.07) is 10.1. The molecule has 10 heteroatoms. The van der Waals surface area contributed by atoms with Gasteiger partial charge in [0.05, 0.1) is 5.69 Å². The fraction of sp³-hybridized carbons (Fsp3) is 0.481. The maximum absolute atomic E-state index is 13.2. The van der Waals surface area contributed by atoms with Crippen LogP contribution in [0.15, 0.2) is 24.3 Å². The third kappa shape index (κ3) is 6.04. The number of likely N-dealkylation sites (N-methyl/N-ethyl adjacent to an activating group) is 1. The second-order valence-electron chi connectivity index (χ2n) is 10.5. The summed E-state index contributed by atoms with van der Waals surface area (Å²) in [5.74, 6) is -0.232. The lowest BCUT2D eigenvalue weighted by atomic mass is 9.78. The van der Waals surface area contributed by atoms with Crippen LogP contribution in [0, 0.1) is 17.9 Å². The maximum atomic E-state index is 13.2. The summed E-state index contributed by atoms with van der Waals surface area (Å²) in [6.45, 7) is 2.74. The summed E-state index contributed by atoms with van der Waals surface area (Å²) in [6.07, 6.45) is 3.48. The standard InChI is InChI=1S/C27H31ClN6O2S/c1-33(2)14-16-4-5-17(13-29-25(35)23-12-18-11-19(28)6-7-20(18)30-23)22(10-16)31-26(36)27-32-21-8-9-34(3)15-24(21)37-27/h6-7,11-12,16-17,22H,4-5,8-10,14-15H2,1-3H3,(H-,30,31,35,36)/p+1/t16-,17?,22+/m0/s1. The number of benzene rings is 1. The lowest BCUT2D eigenvalue weighted by molar-refractivity contribution is 0.0899. The molecule has 3 heterocycles. The van der Waals surface area contributed by atoms with Crippen LogP contribution in [-0.4, -0.2) is 71.9 Å². The van der Waals surface area contributed by atoms with Crippen molar-refractivity contribution in [3.05, 3.63) is 55.4 Å². The first-order valence-electron chi connectivity index (χ1n) is 12.7. The van der Waals surface area contributed by atoms with Crippen LogP contribution in [0.1, 0.15) is 50.1 Å². The van der Waals surface area contributed by atoms with E-state index in [1.54, 1.807) is 12.1 Å². The van der Waals surface area contributed by atoms with Crippen molar-refractivity contribution in [1.82, 2.24) is 25.1 Å². The molecule has 37 heavy (non-hydrogen) atoms. The van der Waals surface area contributed by atoms with E-state index in [1.807, 2.05) is 12.1 Å². The Bertz CT molecular complexity index is 1390. The van der Waals surface area contributed by atoms with Crippen molar-refractivity contribution in [2.75, 3.05) is 34.2 Å². The number of thiazole rings is 1. The van der Waals surface area contributed by atoms with Gasteiger partial charge in [-0.15, -0.1) is 11.3 Å². The topological polar surface area (TPSA) is 85.7 Å². The molecule has 0 radical (unpaired) electrons. The molecule has 2 N–H and O–H groups in total. The van der Waals surface area contributed by atoms with Crippen LogP contribution in [0.2, 0.25) is 5.02 Å². The molecule has 1 aliphatic heterocycles. The number of hydrogen-bond donors (Lipinski definition) is 2. The van der Waals surface area contributed by atoms with Gasteiger partial charge >= 0.3 is 5.91 Å². The maximum Gasteiger partial charge on any atom is 0.563 e. The van der Waals surface area contributed by atoms with Crippen molar-refractivity contribution in [3.8, 4) is 6.07 Å². The van der Waals surface area contributed by atoms with Gasteiger partial charge in [0.1, 0.15) is 5.92 Å². The van der Waals surface area contributed by atoms with Gasteiger partial charge in [0.15, 0.2) is 10.7 Å². The van der Waals surface area contributed by atoms with Crippen LogP contribution in [0.25, 0.3) is 15.7 Å². The Morgan fingerprint density at radius 3 is 2.97 bits per heavy atom. The van der Waals surface area contributed by atoms with Crippen LogP contribution in [0.3, 0.4) is 0 Å². The van der Waals surface area contributed by atoms with Crippen molar-refractivity contribution in [2.24, 2.45) is 11.8 Å². The fourth-order valence-corrected chi connectivity index (χ4v) is 6.60. The van der Waals surface area contributed by atoms with E-state index in [4.69, 9.17) is 11.6 Å². The zero-order chi connectivity index (χ0) is 26.1. The van der Waals surface area contributed by atoms with E-state index >= 15 is 0 Å². The van der Waals surface area contributed by atoms with Crippen molar-refractivity contribution in [3.63, 3.8) is 0 Å². The summed E-state index contributed by atoms with van der Waals surface area (Å²) >= 11 is 7.56. The van der Waals surface area contributed by atoms with Gasteiger partial charge in [-0.25, -0.2) is 4.98 Å². The molecule has 1 aliphatic carbocycles. The molecule has 2 amide bonds. The van der Waals surface area contributed by atoms with Gasteiger partial charge in [0, 0.05) is 57.7 Å². The average molecular weight is 540 g/mol. The number of halogens is 1. The number of H-pyrrole nitrogens is 1. The minimum absolute atomic E-state index is 0.147. The molecule has 1 unspecified atom stereocenters. The molecular weight excluding hydrogens is 508 g/mol. The summed E-state index contributed by atoms with van der Waals surface area (Å²) < 4.78 is 0. The van der Waals surface area contributed by atoms with Crippen LogP contribution < -0.4 is 5.32 Å². The third-order valence-corrected chi connectivity index (χ3v) is 8.48. The van der Waals surface area contributed by atoms with E-state index in [0.29, 0.717) is 21.6 Å². The van der Waals surface area contributed by atoms with Crippen LogP contribution >= 0.6 is 22.9 Å². The molecule has 0 saturated heterocycles. The Morgan fingerprint density at radius 1 is 1.32 bits per heavy atom. The van der Waals surface area contributed by atoms with Crippen molar-refractivity contribution in [2.45, 2.75) is 38.3 Å². The first-order valence-corrected chi connectivity index (χ1v) is 13.9. The summed E-state index contributed by atoms with van der Waals surface area (Å²) in [7, 11) is 6.22. The molecule has 2 aromatic heterocycles. The Kier molecular flexibility index (Phi) is 7.63. The van der Waals surface area contributed by atoms with Crippen LogP contribution in [0.4, 0.5) is 0 Å². The molecule has 194 valence electrons. The Hall–Kier alpha value is -2.77. The van der Waals surface area contributed by atoms with E-state index < -0.39 is 0 Å². The minimum atomic E-state index is -0.385. The van der Waals surface area contributed by atoms with Crippen LogP contribution in [-0.2, 0) is 13.0 Å². The lowest BCUT2D eigenvalue weighted by Gasteiger charge is -2.33. The summed E-state index contributed by atoms with van der Waals surface area (Å²) in [5.41, 5.74) is 2.26. The first kappa shape index (κ1) is 25.9. The van der Waals surface area contributed by atoms with E-state index in [2.05, 4.69) is 57.1 Å². The molecule has 1 aromatic carbocycles. The number of amides is 2. The average Bonchev–Trinajstić information content (AvgIpc) is 3.46. The number of aromatic nitrogens is 2. The monoisotopic (exact) mass is 539 g/mol. The number of carbonyl (C=O) groups excluding carboxylic acids is 2. The molecule has 8 nitrogen and oxygen atoms in total. The van der Waals surface area contributed by atoms with Gasteiger partial charge in [-0.2, -0.15) is 4.79 Å². The smallest absolute Gasteiger partial charge is 0.346 e. The number of nitrogens with zero attached hydrogens (tertiary/aromatic N) is 4.